The van der Waals surface area contributed by atoms with Crippen LogP contribution in [-0.2, 0) is 22.3 Å². The van der Waals surface area contributed by atoms with Crippen LogP contribution < -0.4 is 5.32 Å². The van der Waals surface area contributed by atoms with Gasteiger partial charge in [0.1, 0.15) is 0 Å². The number of hydrogen-bond acceptors (Lipinski definition) is 5. The van der Waals surface area contributed by atoms with E-state index in [9.17, 15) is 13.2 Å². The fourth-order valence-electron chi connectivity index (χ4n) is 4.34. The number of thioether (sulfide) groups is 1. The Kier molecular flexibility index (Phi) is 9.43. The first kappa shape index (κ1) is 27.4. The van der Waals surface area contributed by atoms with Gasteiger partial charge in [-0.05, 0) is 49.2 Å². The van der Waals surface area contributed by atoms with E-state index in [0.717, 1.165) is 29.2 Å². The van der Waals surface area contributed by atoms with Crippen molar-refractivity contribution in [1.82, 2.24) is 14.5 Å². The van der Waals surface area contributed by atoms with Crippen molar-refractivity contribution in [3.63, 3.8) is 0 Å². The van der Waals surface area contributed by atoms with Gasteiger partial charge in [0, 0.05) is 56.3 Å². The van der Waals surface area contributed by atoms with E-state index >= 15 is 0 Å². The summed E-state index contributed by atoms with van der Waals surface area (Å²) in [7, 11) is -3.46. The molecule has 8 heteroatoms. The summed E-state index contributed by atoms with van der Waals surface area (Å²) in [6.07, 6.45) is 0. The molecule has 1 aliphatic rings. The molecule has 0 unspecified atom stereocenters. The molecule has 0 atom stereocenters. The van der Waals surface area contributed by atoms with Crippen molar-refractivity contribution in [2.75, 3.05) is 38.5 Å². The molecular formula is C29H35N3O3S2. The first-order chi connectivity index (χ1) is 17.8. The lowest BCUT2D eigenvalue weighted by Gasteiger charge is -2.34. The second kappa shape index (κ2) is 12.7. The highest BCUT2D eigenvalue weighted by atomic mass is 32.2. The van der Waals surface area contributed by atoms with Gasteiger partial charge in [0.15, 0.2) is 0 Å². The van der Waals surface area contributed by atoms with Crippen molar-refractivity contribution in [3.05, 3.63) is 101 Å². The number of nitrogens with zero attached hydrogens (tertiary/aromatic N) is 2. The molecule has 4 rings (SSSR count). The Labute approximate surface area is 225 Å². The number of nitrogens with one attached hydrogen (secondary N) is 1. The number of sulfonamides is 1. The van der Waals surface area contributed by atoms with Gasteiger partial charge in [0.25, 0.3) is 5.91 Å². The molecular weight excluding hydrogens is 502 g/mol. The maximum absolute atomic E-state index is 12.9. The molecule has 0 spiro atoms. The van der Waals surface area contributed by atoms with Gasteiger partial charge in [-0.25, -0.2) is 8.42 Å². The summed E-state index contributed by atoms with van der Waals surface area (Å²) in [4.78, 5) is 15.1. The van der Waals surface area contributed by atoms with Crippen molar-refractivity contribution in [2.45, 2.75) is 31.0 Å². The predicted molar refractivity (Wildman–Crippen MR) is 151 cm³/mol. The van der Waals surface area contributed by atoms with Crippen LogP contribution in [-0.4, -0.2) is 62.0 Å². The summed E-state index contributed by atoms with van der Waals surface area (Å²) in [6, 6.07) is 23.2. The van der Waals surface area contributed by atoms with Crippen molar-refractivity contribution >= 4 is 27.7 Å². The smallest absolute Gasteiger partial charge is 0.251 e. The van der Waals surface area contributed by atoms with Crippen LogP contribution in [0.5, 0.6) is 0 Å². The van der Waals surface area contributed by atoms with E-state index in [1.807, 2.05) is 55.1 Å². The Hall–Kier alpha value is -2.65. The van der Waals surface area contributed by atoms with Gasteiger partial charge >= 0.3 is 0 Å². The number of carbonyl (C=O) groups excluding carboxylic acids is 1. The fraction of sp³-hybridized carbons (Fsp3) is 0.345. The van der Waals surface area contributed by atoms with E-state index in [4.69, 9.17) is 0 Å². The summed E-state index contributed by atoms with van der Waals surface area (Å²) in [6.45, 7) is 7.70. The van der Waals surface area contributed by atoms with Gasteiger partial charge in [0.2, 0.25) is 10.0 Å². The maximum atomic E-state index is 12.9. The highest BCUT2D eigenvalue weighted by molar-refractivity contribution is 7.98. The summed E-state index contributed by atoms with van der Waals surface area (Å²) < 4.78 is 27.4. The average Bonchev–Trinajstić information content (AvgIpc) is 2.89. The molecule has 0 radical (unpaired) electrons. The fourth-order valence-corrected chi connectivity index (χ4v) is 6.57. The number of aryl methyl sites for hydroxylation is 2. The molecule has 1 N–H and O–H groups in total. The van der Waals surface area contributed by atoms with Crippen LogP contribution in [0.2, 0.25) is 0 Å². The van der Waals surface area contributed by atoms with Crippen molar-refractivity contribution < 1.29 is 13.2 Å². The number of rotatable bonds is 10. The quantitative estimate of drug-likeness (QED) is 0.387. The minimum absolute atomic E-state index is 0.0577. The average molecular weight is 538 g/mol. The molecule has 3 aromatic rings. The van der Waals surface area contributed by atoms with Crippen LogP contribution in [0.15, 0.2) is 77.7 Å². The number of piperazine rings is 1. The van der Waals surface area contributed by atoms with Crippen LogP contribution in [0.1, 0.15) is 32.6 Å². The van der Waals surface area contributed by atoms with E-state index in [1.54, 1.807) is 16.4 Å². The number of carbonyl (C=O) groups is 1. The van der Waals surface area contributed by atoms with Gasteiger partial charge in [-0.15, -0.1) is 0 Å². The van der Waals surface area contributed by atoms with Crippen LogP contribution in [0.4, 0.5) is 0 Å². The van der Waals surface area contributed by atoms with E-state index in [-0.39, 0.29) is 5.91 Å². The molecule has 1 saturated heterocycles. The molecule has 1 heterocycles. The zero-order valence-electron chi connectivity index (χ0n) is 21.5. The number of amides is 1. The largest absolute Gasteiger partial charge is 0.351 e. The second-order valence-electron chi connectivity index (χ2n) is 9.49. The molecule has 3 aromatic carbocycles. The second-order valence-corrected chi connectivity index (χ2v) is 12.5. The molecule has 196 valence electrons. The predicted octanol–water partition coefficient (Wildman–Crippen LogP) is 4.47. The number of benzene rings is 3. The molecule has 1 fully saturated rings. The first-order valence-corrected chi connectivity index (χ1v) is 15.2. The Morgan fingerprint density at radius 3 is 2.24 bits per heavy atom. The zero-order chi connectivity index (χ0) is 26.3. The highest BCUT2D eigenvalue weighted by Gasteiger charge is 2.28. The minimum Gasteiger partial charge on any atom is -0.351 e. The summed E-state index contributed by atoms with van der Waals surface area (Å²) in [5.74, 6) is 1.75. The highest BCUT2D eigenvalue weighted by Crippen LogP contribution is 2.19. The van der Waals surface area contributed by atoms with Gasteiger partial charge in [-0.3, -0.25) is 9.69 Å². The molecule has 0 aromatic heterocycles. The third kappa shape index (κ3) is 7.68. The zero-order valence-corrected chi connectivity index (χ0v) is 23.2. The van der Waals surface area contributed by atoms with E-state index in [0.29, 0.717) is 43.2 Å². The van der Waals surface area contributed by atoms with Crippen molar-refractivity contribution in [3.8, 4) is 0 Å². The van der Waals surface area contributed by atoms with Crippen LogP contribution in [0, 0.1) is 13.8 Å². The molecule has 0 saturated carbocycles. The van der Waals surface area contributed by atoms with Crippen LogP contribution in [0.25, 0.3) is 0 Å². The molecule has 1 aliphatic heterocycles. The van der Waals surface area contributed by atoms with Crippen molar-refractivity contribution in [2.24, 2.45) is 0 Å². The van der Waals surface area contributed by atoms with Gasteiger partial charge in [-0.2, -0.15) is 16.1 Å². The number of hydrogen-bond donors (Lipinski definition) is 1. The van der Waals surface area contributed by atoms with Gasteiger partial charge in [-0.1, -0.05) is 59.7 Å². The third-order valence-corrected chi connectivity index (χ3v) is 9.44. The van der Waals surface area contributed by atoms with E-state index in [1.165, 1.54) is 11.1 Å². The SMILES string of the molecule is Cc1ccc(S(=O)(=O)N2CCN(Cc3ccc(C(=O)NCCSCc4cccc(C)c4)cc3)CC2)cc1. The van der Waals surface area contributed by atoms with E-state index < -0.39 is 10.0 Å². The van der Waals surface area contributed by atoms with Gasteiger partial charge < -0.3 is 5.32 Å². The summed E-state index contributed by atoms with van der Waals surface area (Å²) in [5.41, 5.74) is 5.38. The molecule has 6 nitrogen and oxygen atoms in total. The Bertz CT molecular complexity index is 1280. The van der Waals surface area contributed by atoms with Crippen LogP contribution in [0.3, 0.4) is 0 Å². The molecule has 1 amide bonds. The van der Waals surface area contributed by atoms with Crippen LogP contribution >= 0.6 is 11.8 Å². The summed E-state index contributed by atoms with van der Waals surface area (Å²) in [5, 5.41) is 3.00. The third-order valence-electron chi connectivity index (χ3n) is 6.50. The maximum Gasteiger partial charge on any atom is 0.251 e. The molecule has 0 bridgehead atoms. The molecule has 37 heavy (non-hydrogen) atoms. The lowest BCUT2D eigenvalue weighted by molar-refractivity contribution is 0.0956. The topological polar surface area (TPSA) is 69.7 Å². The minimum atomic E-state index is -3.46. The normalized spacial score (nSPS) is 15.0. The standard InChI is InChI=1S/C29H35N3O3S2/c1-23-6-12-28(13-7-23)37(34,35)32-17-15-31(16-18-32)21-25-8-10-27(11-9-25)29(33)30-14-19-36-22-26-5-3-4-24(2)20-26/h3-13,20H,14-19,21-22H2,1-2H3,(H,30,33). The van der Waals surface area contributed by atoms with E-state index in [2.05, 4.69) is 41.4 Å². The van der Waals surface area contributed by atoms with Crippen molar-refractivity contribution in [1.29, 1.82) is 0 Å². The monoisotopic (exact) mass is 537 g/mol. The first-order valence-electron chi connectivity index (χ1n) is 12.6. The Morgan fingerprint density at radius 1 is 0.865 bits per heavy atom. The summed E-state index contributed by atoms with van der Waals surface area (Å²) >= 11 is 1.81. The molecule has 0 aliphatic carbocycles. The lowest BCUT2D eigenvalue weighted by Crippen LogP contribution is -2.48. The Morgan fingerprint density at radius 2 is 1.57 bits per heavy atom. The van der Waals surface area contributed by atoms with Gasteiger partial charge in [0.05, 0.1) is 4.90 Å². The lowest BCUT2D eigenvalue weighted by atomic mass is 10.1. The Balaban J connectivity index is 1.18.